The number of hydrogen-bond acceptors (Lipinski definition) is 5. The number of nitrogens with zero attached hydrogens (tertiary/aromatic N) is 2. The largest absolute Gasteiger partial charge is 0.495 e. The first-order valence-corrected chi connectivity index (χ1v) is 6.60. The van der Waals surface area contributed by atoms with Gasteiger partial charge in [0.1, 0.15) is 5.75 Å². The van der Waals surface area contributed by atoms with Gasteiger partial charge in [-0.15, -0.1) is 10.2 Å². The Hall–Kier alpha value is -2.34. The highest BCUT2D eigenvalue weighted by atomic mass is 35.5. The lowest BCUT2D eigenvalue weighted by Gasteiger charge is -2.12. The van der Waals surface area contributed by atoms with Crippen LogP contribution in [0.3, 0.4) is 0 Å². The summed E-state index contributed by atoms with van der Waals surface area (Å²) in [4.78, 5) is 10.9. The van der Waals surface area contributed by atoms with E-state index in [1.807, 2.05) is 13.0 Å². The van der Waals surface area contributed by atoms with Crippen LogP contribution in [0, 0.1) is 6.92 Å². The third kappa shape index (κ3) is 3.82. The van der Waals surface area contributed by atoms with E-state index < -0.39 is 0 Å². The maximum atomic E-state index is 10.9. The Kier molecular flexibility index (Phi) is 4.59. The number of aryl methyl sites for hydroxylation is 1. The number of methoxy groups -OCH3 is 1. The van der Waals surface area contributed by atoms with Gasteiger partial charge in [0.15, 0.2) is 11.6 Å². The topological polar surface area (TPSA) is 76.1 Å². The number of anilines is 3. The van der Waals surface area contributed by atoms with Crippen molar-refractivity contribution in [1.29, 1.82) is 0 Å². The molecule has 0 aliphatic heterocycles. The minimum atomic E-state index is -0.194. The van der Waals surface area contributed by atoms with Crippen LogP contribution in [0.15, 0.2) is 24.3 Å². The molecule has 2 rings (SSSR count). The monoisotopic (exact) mass is 306 g/mol. The Balaban J connectivity index is 2.21. The molecule has 0 unspecified atom stereocenters. The molecule has 0 saturated carbocycles. The first kappa shape index (κ1) is 15.1. The van der Waals surface area contributed by atoms with Crippen LogP contribution < -0.4 is 15.4 Å². The number of carbonyl (C=O) groups excluding carboxylic acids is 1. The van der Waals surface area contributed by atoms with Gasteiger partial charge in [-0.05, 0) is 30.7 Å². The number of aromatic nitrogens is 2. The molecule has 6 nitrogen and oxygen atoms in total. The average molecular weight is 307 g/mol. The maximum absolute atomic E-state index is 10.9. The highest BCUT2D eigenvalue weighted by molar-refractivity contribution is 6.31. The fourth-order valence-corrected chi connectivity index (χ4v) is 1.87. The number of amides is 1. The molecule has 1 amide bonds. The van der Waals surface area contributed by atoms with Crippen LogP contribution in [0.4, 0.5) is 17.3 Å². The van der Waals surface area contributed by atoms with E-state index in [4.69, 9.17) is 16.3 Å². The SMILES string of the molecule is COc1cc(Cl)c(C)cc1Nc1ccc(NC(C)=O)nn1. The first-order chi connectivity index (χ1) is 9.99. The van der Waals surface area contributed by atoms with Crippen LogP contribution in [0.5, 0.6) is 5.75 Å². The summed E-state index contributed by atoms with van der Waals surface area (Å²) in [6, 6.07) is 6.97. The van der Waals surface area contributed by atoms with Crippen LogP contribution in [0.2, 0.25) is 5.02 Å². The van der Waals surface area contributed by atoms with Crippen molar-refractivity contribution in [3.05, 3.63) is 34.9 Å². The molecule has 1 aromatic heterocycles. The van der Waals surface area contributed by atoms with Gasteiger partial charge in [0, 0.05) is 18.0 Å². The minimum Gasteiger partial charge on any atom is -0.495 e. The smallest absolute Gasteiger partial charge is 0.222 e. The van der Waals surface area contributed by atoms with E-state index in [1.165, 1.54) is 6.92 Å². The molecule has 2 aromatic rings. The number of hydrogen-bond donors (Lipinski definition) is 2. The lowest BCUT2D eigenvalue weighted by Crippen LogP contribution is -2.08. The fourth-order valence-electron chi connectivity index (χ4n) is 1.71. The van der Waals surface area contributed by atoms with Crippen LogP contribution in [-0.4, -0.2) is 23.2 Å². The fraction of sp³-hybridized carbons (Fsp3) is 0.214. The molecule has 2 N–H and O–H groups in total. The van der Waals surface area contributed by atoms with E-state index >= 15 is 0 Å². The lowest BCUT2D eigenvalue weighted by molar-refractivity contribution is -0.114. The summed E-state index contributed by atoms with van der Waals surface area (Å²) < 4.78 is 5.28. The summed E-state index contributed by atoms with van der Waals surface area (Å²) in [5.41, 5.74) is 1.66. The Morgan fingerprint density at radius 1 is 1.24 bits per heavy atom. The Morgan fingerprint density at radius 3 is 2.48 bits per heavy atom. The standard InChI is InChI=1S/C14H15ClN4O2/c1-8-6-11(12(21-3)7-10(8)15)17-14-5-4-13(18-19-14)16-9(2)20/h4-7H,1-3H3,(H,17,19)(H,16,18,20). The van der Waals surface area contributed by atoms with E-state index in [2.05, 4.69) is 20.8 Å². The highest BCUT2D eigenvalue weighted by Gasteiger charge is 2.08. The molecule has 1 aromatic carbocycles. The van der Waals surface area contributed by atoms with Crippen LogP contribution in [0.25, 0.3) is 0 Å². The molecular weight excluding hydrogens is 292 g/mol. The quantitative estimate of drug-likeness (QED) is 0.907. The molecule has 0 radical (unpaired) electrons. The van der Waals surface area contributed by atoms with Gasteiger partial charge in [-0.3, -0.25) is 4.79 Å². The molecule has 7 heteroatoms. The van der Waals surface area contributed by atoms with Gasteiger partial charge in [-0.2, -0.15) is 0 Å². The van der Waals surface area contributed by atoms with E-state index in [9.17, 15) is 4.79 Å². The number of carbonyl (C=O) groups is 1. The Labute approximate surface area is 127 Å². The van der Waals surface area contributed by atoms with Crippen molar-refractivity contribution < 1.29 is 9.53 Å². The second kappa shape index (κ2) is 6.41. The zero-order chi connectivity index (χ0) is 15.4. The van der Waals surface area contributed by atoms with Crippen molar-refractivity contribution >= 4 is 34.8 Å². The molecule has 0 aliphatic carbocycles. The van der Waals surface area contributed by atoms with Crippen LogP contribution in [-0.2, 0) is 4.79 Å². The van der Waals surface area contributed by atoms with Gasteiger partial charge in [0.25, 0.3) is 0 Å². The Morgan fingerprint density at radius 2 is 1.90 bits per heavy atom. The molecule has 0 atom stereocenters. The summed E-state index contributed by atoms with van der Waals surface area (Å²) in [6.07, 6.45) is 0. The van der Waals surface area contributed by atoms with Gasteiger partial charge in [0.05, 0.1) is 12.8 Å². The van der Waals surface area contributed by atoms with Gasteiger partial charge in [-0.25, -0.2) is 0 Å². The number of halogens is 1. The molecule has 0 spiro atoms. The molecule has 0 saturated heterocycles. The molecule has 0 fully saturated rings. The van der Waals surface area contributed by atoms with E-state index in [-0.39, 0.29) is 5.91 Å². The van der Waals surface area contributed by atoms with Crippen molar-refractivity contribution in [2.24, 2.45) is 0 Å². The molecule has 0 bridgehead atoms. The second-order valence-corrected chi connectivity index (χ2v) is 4.82. The molecule has 110 valence electrons. The normalized spacial score (nSPS) is 10.1. The number of rotatable bonds is 4. The Bertz CT molecular complexity index is 659. The predicted octanol–water partition coefficient (Wildman–Crippen LogP) is 3.15. The maximum Gasteiger partial charge on any atom is 0.222 e. The van der Waals surface area contributed by atoms with Crippen LogP contribution in [0.1, 0.15) is 12.5 Å². The van der Waals surface area contributed by atoms with Gasteiger partial charge < -0.3 is 15.4 Å². The summed E-state index contributed by atoms with van der Waals surface area (Å²) in [6.45, 7) is 3.31. The average Bonchev–Trinajstić information content (AvgIpc) is 2.44. The third-order valence-electron chi connectivity index (χ3n) is 2.71. The number of benzene rings is 1. The molecular formula is C14H15ClN4O2. The zero-order valence-electron chi connectivity index (χ0n) is 11.9. The van der Waals surface area contributed by atoms with Crippen molar-refractivity contribution in [1.82, 2.24) is 10.2 Å². The first-order valence-electron chi connectivity index (χ1n) is 6.22. The van der Waals surface area contributed by atoms with E-state index in [0.29, 0.717) is 22.4 Å². The predicted molar refractivity (Wildman–Crippen MR) is 82.4 cm³/mol. The molecule has 21 heavy (non-hydrogen) atoms. The second-order valence-electron chi connectivity index (χ2n) is 4.41. The van der Waals surface area contributed by atoms with Crippen molar-refractivity contribution in [3.8, 4) is 5.75 Å². The van der Waals surface area contributed by atoms with Crippen molar-refractivity contribution in [3.63, 3.8) is 0 Å². The lowest BCUT2D eigenvalue weighted by atomic mass is 10.2. The summed E-state index contributed by atoms with van der Waals surface area (Å²) in [5.74, 6) is 1.34. The van der Waals surface area contributed by atoms with Crippen molar-refractivity contribution in [2.75, 3.05) is 17.7 Å². The highest BCUT2D eigenvalue weighted by Crippen LogP contribution is 2.32. The van der Waals surface area contributed by atoms with Crippen LogP contribution >= 0.6 is 11.6 Å². The van der Waals surface area contributed by atoms with Gasteiger partial charge in [0.2, 0.25) is 5.91 Å². The van der Waals surface area contributed by atoms with Gasteiger partial charge >= 0.3 is 0 Å². The zero-order valence-corrected chi connectivity index (χ0v) is 12.7. The number of nitrogens with one attached hydrogen (secondary N) is 2. The minimum absolute atomic E-state index is 0.194. The van der Waals surface area contributed by atoms with E-state index in [0.717, 1.165) is 11.3 Å². The molecule has 0 aliphatic rings. The summed E-state index contributed by atoms with van der Waals surface area (Å²) in [5, 5.41) is 14.2. The summed E-state index contributed by atoms with van der Waals surface area (Å²) in [7, 11) is 1.57. The van der Waals surface area contributed by atoms with E-state index in [1.54, 1.807) is 25.3 Å². The van der Waals surface area contributed by atoms with Gasteiger partial charge in [-0.1, -0.05) is 11.6 Å². The third-order valence-corrected chi connectivity index (χ3v) is 3.12. The van der Waals surface area contributed by atoms with Crippen molar-refractivity contribution in [2.45, 2.75) is 13.8 Å². The number of ether oxygens (including phenoxy) is 1. The molecule has 1 heterocycles. The summed E-state index contributed by atoms with van der Waals surface area (Å²) >= 11 is 6.06.